The molecule has 3 N–H and O–H groups in total. The van der Waals surface area contributed by atoms with Crippen molar-refractivity contribution in [1.82, 2.24) is 5.32 Å². The van der Waals surface area contributed by atoms with Gasteiger partial charge in [0.25, 0.3) is 0 Å². The van der Waals surface area contributed by atoms with Gasteiger partial charge >= 0.3 is 0 Å². The molecule has 0 aliphatic heterocycles. The average Bonchev–Trinajstić information content (AvgIpc) is 2.37. The van der Waals surface area contributed by atoms with Crippen LogP contribution in [0, 0.1) is 5.92 Å². The predicted molar refractivity (Wildman–Crippen MR) is 75.4 cm³/mol. The fourth-order valence-corrected chi connectivity index (χ4v) is 2.03. The van der Waals surface area contributed by atoms with Crippen LogP contribution >= 0.6 is 11.6 Å². The summed E-state index contributed by atoms with van der Waals surface area (Å²) < 4.78 is 0. The molecule has 1 aromatic carbocycles. The van der Waals surface area contributed by atoms with Crippen molar-refractivity contribution < 1.29 is 4.79 Å². The highest BCUT2D eigenvalue weighted by Crippen LogP contribution is 2.22. The van der Waals surface area contributed by atoms with Crippen LogP contribution in [0.1, 0.15) is 38.8 Å². The molecule has 3 atom stereocenters. The van der Waals surface area contributed by atoms with E-state index < -0.39 is 6.04 Å². The lowest BCUT2D eigenvalue weighted by molar-refractivity contribution is -0.124. The van der Waals surface area contributed by atoms with E-state index in [9.17, 15) is 4.79 Å². The van der Waals surface area contributed by atoms with Crippen LogP contribution in [-0.4, -0.2) is 11.9 Å². The number of amides is 1. The van der Waals surface area contributed by atoms with Gasteiger partial charge in [0.2, 0.25) is 5.91 Å². The number of benzene rings is 1. The molecule has 0 heterocycles. The van der Waals surface area contributed by atoms with E-state index >= 15 is 0 Å². The van der Waals surface area contributed by atoms with Gasteiger partial charge in [-0.05, 0) is 24.5 Å². The smallest absolute Gasteiger partial charge is 0.237 e. The van der Waals surface area contributed by atoms with Gasteiger partial charge in [-0.25, -0.2) is 0 Å². The van der Waals surface area contributed by atoms with Crippen molar-refractivity contribution in [3.05, 3.63) is 34.9 Å². The number of halogens is 1. The van der Waals surface area contributed by atoms with Crippen LogP contribution in [0.2, 0.25) is 5.02 Å². The quantitative estimate of drug-likeness (QED) is 0.863. The fourth-order valence-electron chi connectivity index (χ4n) is 1.73. The monoisotopic (exact) mass is 268 g/mol. The summed E-state index contributed by atoms with van der Waals surface area (Å²) in [5.74, 6) is 0.0419. The minimum atomic E-state index is -0.472. The maximum atomic E-state index is 12.0. The maximum Gasteiger partial charge on any atom is 0.237 e. The summed E-state index contributed by atoms with van der Waals surface area (Å²) >= 11 is 6.09. The van der Waals surface area contributed by atoms with E-state index in [1.165, 1.54) is 0 Å². The highest BCUT2D eigenvalue weighted by atomic mass is 35.5. The van der Waals surface area contributed by atoms with E-state index in [1.807, 2.05) is 45.0 Å². The normalized spacial score (nSPS) is 15.8. The number of nitrogens with one attached hydrogen (secondary N) is 1. The lowest BCUT2D eigenvalue weighted by atomic mass is 9.98. The number of carbonyl (C=O) groups excluding carboxylic acids is 1. The Bertz CT molecular complexity index is 409. The summed E-state index contributed by atoms with van der Waals surface area (Å²) in [6, 6.07) is 6.88. The van der Waals surface area contributed by atoms with Gasteiger partial charge in [0.1, 0.15) is 0 Å². The molecule has 3 nitrogen and oxygen atoms in total. The summed E-state index contributed by atoms with van der Waals surface area (Å²) in [5.41, 5.74) is 6.80. The van der Waals surface area contributed by atoms with Crippen molar-refractivity contribution in [3.8, 4) is 0 Å². The molecule has 0 radical (unpaired) electrons. The van der Waals surface area contributed by atoms with E-state index in [2.05, 4.69) is 5.32 Å². The summed E-state index contributed by atoms with van der Waals surface area (Å²) in [7, 11) is 0. The first-order valence-corrected chi connectivity index (χ1v) is 6.65. The van der Waals surface area contributed by atoms with E-state index in [0.717, 1.165) is 12.0 Å². The van der Waals surface area contributed by atoms with Gasteiger partial charge in [-0.15, -0.1) is 0 Å². The number of hydrogen-bond donors (Lipinski definition) is 2. The molecule has 0 aliphatic rings. The molecule has 18 heavy (non-hydrogen) atoms. The van der Waals surface area contributed by atoms with Crippen molar-refractivity contribution in [3.63, 3.8) is 0 Å². The number of rotatable bonds is 5. The average molecular weight is 269 g/mol. The Labute approximate surface area is 114 Å². The largest absolute Gasteiger partial charge is 0.348 e. The second kappa shape index (κ2) is 6.76. The third kappa shape index (κ3) is 3.72. The van der Waals surface area contributed by atoms with Crippen molar-refractivity contribution in [2.75, 3.05) is 0 Å². The first-order chi connectivity index (χ1) is 8.47. The second-order valence-corrected chi connectivity index (χ2v) is 5.07. The van der Waals surface area contributed by atoms with Crippen molar-refractivity contribution in [1.29, 1.82) is 0 Å². The Hall–Kier alpha value is -1.06. The van der Waals surface area contributed by atoms with Gasteiger partial charge < -0.3 is 11.1 Å². The standard InChI is InChI=1S/C14H21ClN2O/c1-4-9(2)13(16)14(18)17-10(3)11-7-5-6-8-12(11)15/h5-10,13H,4,16H2,1-3H3,(H,17,18)/t9?,10?,13-/m0/s1. The minimum Gasteiger partial charge on any atom is -0.348 e. The Morgan fingerprint density at radius 2 is 2.00 bits per heavy atom. The summed E-state index contributed by atoms with van der Waals surface area (Å²) in [6.07, 6.45) is 0.884. The zero-order valence-electron chi connectivity index (χ0n) is 11.1. The third-order valence-electron chi connectivity index (χ3n) is 3.29. The summed E-state index contributed by atoms with van der Waals surface area (Å²) in [5, 5.41) is 3.56. The number of hydrogen-bond acceptors (Lipinski definition) is 2. The highest BCUT2D eigenvalue weighted by molar-refractivity contribution is 6.31. The van der Waals surface area contributed by atoms with E-state index in [4.69, 9.17) is 17.3 Å². The minimum absolute atomic E-state index is 0.128. The lowest BCUT2D eigenvalue weighted by Crippen LogP contribution is -2.45. The molecule has 0 aliphatic carbocycles. The molecule has 100 valence electrons. The van der Waals surface area contributed by atoms with Crippen molar-refractivity contribution in [2.45, 2.75) is 39.3 Å². The first kappa shape index (κ1) is 15.0. The zero-order chi connectivity index (χ0) is 13.7. The third-order valence-corrected chi connectivity index (χ3v) is 3.63. The molecule has 4 heteroatoms. The highest BCUT2D eigenvalue weighted by Gasteiger charge is 2.21. The Morgan fingerprint density at radius 1 is 1.39 bits per heavy atom. The first-order valence-electron chi connectivity index (χ1n) is 6.27. The van der Waals surface area contributed by atoms with Gasteiger partial charge in [-0.2, -0.15) is 0 Å². The van der Waals surface area contributed by atoms with Gasteiger partial charge in [0.15, 0.2) is 0 Å². The lowest BCUT2D eigenvalue weighted by Gasteiger charge is -2.21. The molecule has 0 aromatic heterocycles. The molecular weight excluding hydrogens is 248 g/mol. The molecule has 1 rings (SSSR count). The van der Waals surface area contributed by atoms with E-state index in [1.54, 1.807) is 0 Å². The van der Waals surface area contributed by atoms with Crippen LogP contribution in [0.15, 0.2) is 24.3 Å². The van der Waals surface area contributed by atoms with E-state index in [-0.39, 0.29) is 17.9 Å². The Morgan fingerprint density at radius 3 is 2.56 bits per heavy atom. The molecule has 0 fully saturated rings. The van der Waals surface area contributed by atoms with Crippen molar-refractivity contribution in [2.24, 2.45) is 11.7 Å². The summed E-state index contributed by atoms with van der Waals surface area (Å²) in [4.78, 5) is 12.0. The van der Waals surface area contributed by atoms with Crippen LogP contribution in [0.25, 0.3) is 0 Å². The van der Waals surface area contributed by atoms with Gasteiger partial charge in [0.05, 0.1) is 12.1 Å². The zero-order valence-corrected chi connectivity index (χ0v) is 11.9. The van der Waals surface area contributed by atoms with Crippen LogP contribution < -0.4 is 11.1 Å². The van der Waals surface area contributed by atoms with Gasteiger partial charge in [-0.3, -0.25) is 4.79 Å². The molecular formula is C14H21ClN2O. The molecule has 1 aromatic rings. The summed E-state index contributed by atoms with van der Waals surface area (Å²) in [6.45, 7) is 5.90. The second-order valence-electron chi connectivity index (χ2n) is 4.66. The topological polar surface area (TPSA) is 55.1 Å². The van der Waals surface area contributed by atoms with E-state index in [0.29, 0.717) is 5.02 Å². The fraction of sp³-hybridized carbons (Fsp3) is 0.500. The SMILES string of the molecule is CCC(C)[C@H](N)C(=O)NC(C)c1ccccc1Cl. The Kier molecular flexibility index (Phi) is 5.63. The van der Waals surface area contributed by atoms with Crippen LogP contribution in [0.4, 0.5) is 0 Å². The van der Waals surface area contributed by atoms with Crippen LogP contribution in [0.5, 0.6) is 0 Å². The van der Waals surface area contributed by atoms with Gasteiger partial charge in [-0.1, -0.05) is 50.1 Å². The maximum absolute atomic E-state index is 12.0. The molecule has 0 saturated heterocycles. The van der Waals surface area contributed by atoms with Crippen molar-refractivity contribution >= 4 is 17.5 Å². The molecule has 1 amide bonds. The molecule has 0 spiro atoms. The van der Waals surface area contributed by atoms with Crippen LogP contribution in [0.3, 0.4) is 0 Å². The number of carbonyl (C=O) groups is 1. The molecule has 2 unspecified atom stereocenters. The Balaban J connectivity index is 2.68. The predicted octanol–water partition coefficient (Wildman–Crippen LogP) is 2.89. The number of nitrogens with two attached hydrogens (primary N) is 1. The molecule has 0 saturated carbocycles. The van der Waals surface area contributed by atoms with Gasteiger partial charge in [0, 0.05) is 5.02 Å². The van der Waals surface area contributed by atoms with Crippen LogP contribution in [-0.2, 0) is 4.79 Å². The molecule has 0 bridgehead atoms.